The van der Waals surface area contributed by atoms with E-state index in [1.165, 1.54) is 0 Å². The fourth-order valence-electron chi connectivity index (χ4n) is 2.95. The Kier molecular flexibility index (Phi) is 3.38. The minimum absolute atomic E-state index is 0.133. The quantitative estimate of drug-likeness (QED) is 0.912. The lowest BCUT2D eigenvalue weighted by atomic mass is 10.0. The standard InChI is InChI=1S/C15H20FN3O/c1-10-13-4-5-19(12-2-3-12)15(20)14(13)9-18(10)8-11(6-16)7-17/h6,9,12H,2-5,7-8,17H2,1H3/b11-6+. The van der Waals surface area contributed by atoms with Gasteiger partial charge in [-0.3, -0.25) is 4.79 Å². The van der Waals surface area contributed by atoms with E-state index in [-0.39, 0.29) is 12.5 Å². The number of aromatic nitrogens is 1. The summed E-state index contributed by atoms with van der Waals surface area (Å²) in [5.74, 6) is 0.133. The van der Waals surface area contributed by atoms with Gasteiger partial charge in [0, 0.05) is 37.6 Å². The van der Waals surface area contributed by atoms with Crippen LogP contribution in [0.5, 0.6) is 0 Å². The monoisotopic (exact) mass is 277 g/mol. The predicted octanol–water partition coefficient (Wildman–Crippen LogP) is 1.77. The van der Waals surface area contributed by atoms with Crippen molar-refractivity contribution in [2.45, 2.75) is 38.8 Å². The molecule has 1 aromatic heterocycles. The highest BCUT2D eigenvalue weighted by Crippen LogP contribution is 2.33. The highest BCUT2D eigenvalue weighted by Gasteiger charge is 2.37. The van der Waals surface area contributed by atoms with Crippen molar-refractivity contribution in [3.63, 3.8) is 0 Å². The van der Waals surface area contributed by atoms with E-state index in [0.29, 0.717) is 24.5 Å². The van der Waals surface area contributed by atoms with Crippen molar-refractivity contribution in [1.82, 2.24) is 9.47 Å². The maximum atomic E-state index is 12.7. The molecule has 2 aliphatic rings. The number of carbonyl (C=O) groups excluding carboxylic acids is 1. The van der Waals surface area contributed by atoms with Gasteiger partial charge in [0.05, 0.1) is 11.9 Å². The molecule has 0 radical (unpaired) electrons. The van der Waals surface area contributed by atoms with Crippen molar-refractivity contribution in [2.75, 3.05) is 13.1 Å². The summed E-state index contributed by atoms with van der Waals surface area (Å²) < 4.78 is 14.6. The molecule has 0 unspecified atom stereocenters. The zero-order valence-corrected chi connectivity index (χ0v) is 11.7. The van der Waals surface area contributed by atoms with Crippen molar-refractivity contribution in [3.05, 3.63) is 34.9 Å². The van der Waals surface area contributed by atoms with Gasteiger partial charge in [-0.2, -0.15) is 0 Å². The first-order valence-corrected chi connectivity index (χ1v) is 7.13. The molecule has 0 saturated heterocycles. The second kappa shape index (κ2) is 5.05. The Morgan fingerprint density at radius 3 is 2.90 bits per heavy atom. The van der Waals surface area contributed by atoms with Crippen LogP contribution in [0.25, 0.3) is 0 Å². The molecule has 4 nitrogen and oxygen atoms in total. The van der Waals surface area contributed by atoms with E-state index in [0.717, 1.165) is 42.6 Å². The molecule has 1 aliphatic carbocycles. The summed E-state index contributed by atoms with van der Waals surface area (Å²) >= 11 is 0. The molecular formula is C15H20FN3O. The number of hydrogen-bond donors (Lipinski definition) is 1. The second-order valence-electron chi connectivity index (χ2n) is 5.69. The van der Waals surface area contributed by atoms with Crippen LogP contribution in [0.15, 0.2) is 18.1 Å². The van der Waals surface area contributed by atoms with Gasteiger partial charge in [0.25, 0.3) is 5.91 Å². The number of hydrogen-bond acceptors (Lipinski definition) is 2. The van der Waals surface area contributed by atoms with Gasteiger partial charge in [0.2, 0.25) is 0 Å². The number of rotatable bonds is 4. The SMILES string of the molecule is Cc1c2c(cn1C/C(=C/F)CN)C(=O)N(C1CC1)CC2. The summed E-state index contributed by atoms with van der Waals surface area (Å²) in [7, 11) is 0. The third kappa shape index (κ3) is 2.16. The Bertz CT molecular complexity index is 572. The minimum atomic E-state index is 0.133. The lowest BCUT2D eigenvalue weighted by Gasteiger charge is -2.27. The third-order valence-electron chi connectivity index (χ3n) is 4.35. The molecule has 108 valence electrons. The first-order valence-electron chi connectivity index (χ1n) is 7.13. The average Bonchev–Trinajstić information content (AvgIpc) is 3.24. The first kappa shape index (κ1) is 13.4. The summed E-state index contributed by atoms with van der Waals surface area (Å²) in [6.45, 7) is 3.42. The van der Waals surface area contributed by atoms with Crippen LogP contribution in [0.1, 0.15) is 34.5 Å². The smallest absolute Gasteiger partial charge is 0.255 e. The molecule has 1 fully saturated rings. The Balaban J connectivity index is 1.89. The molecule has 1 aliphatic heterocycles. The van der Waals surface area contributed by atoms with Gasteiger partial charge in [0.1, 0.15) is 0 Å². The summed E-state index contributed by atoms with van der Waals surface area (Å²) in [6.07, 6.45) is 5.58. The van der Waals surface area contributed by atoms with Crippen LogP contribution in [0.3, 0.4) is 0 Å². The normalized spacial score (nSPS) is 19.4. The van der Waals surface area contributed by atoms with Crippen LogP contribution in [0.2, 0.25) is 0 Å². The maximum absolute atomic E-state index is 12.7. The van der Waals surface area contributed by atoms with E-state index in [9.17, 15) is 9.18 Å². The highest BCUT2D eigenvalue weighted by atomic mass is 19.1. The molecule has 0 bridgehead atoms. The number of carbonyl (C=O) groups is 1. The van der Waals surface area contributed by atoms with Crippen LogP contribution in [0, 0.1) is 6.92 Å². The fourth-order valence-corrected chi connectivity index (χ4v) is 2.95. The Morgan fingerprint density at radius 2 is 2.30 bits per heavy atom. The van der Waals surface area contributed by atoms with Crippen molar-refractivity contribution < 1.29 is 9.18 Å². The Morgan fingerprint density at radius 1 is 1.55 bits per heavy atom. The zero-order chi connectivity index (χ0) is 14.3. The van der Waals surface area contributed by atoms with E-state index in [4.69, 9.17) is 5.73 Å². The maximum Gasteiger partial charge on any atom is 0.255 e. The summed E-state index contributed by atoms with van der Waals surface area (Å²) in [5.41, 5.74) is 8.99. The van der Waals surface area contributed by atoms with Gasteiger partial charge in [-0.05, 0) is 37.3 Å². The number of halogens is 1. The molecule has 1 amide bonds. The van der Waals surface area contributed by atoms with Crippen LogP contribution in [0.4, 0.5) is 4.39 Å². The third-order valence-corrected chi connectivity index (χ3v) is 4.35. The van der Waals surface area contributed by atoms with Crippen LogP contribution in [-0.2, 0) is 13.0 Å². The van der Waals surface area contributed by atoms with Gasteiger partial charge < -0.3 is 15.2 Å². The Labute approximate surface area is 118 Å². The van der Waals surface area contributed by atoms with E-state index >= 15 is 0 Å². The number of fused-ring (bicyclic) bond motifs is 1. The number of nitrogens with two attached hydrogens (primary N) is 1. The molecule has 2 N–H and O–H groups in total. The molecule has 5 heteroatoms. The lowest BCUT2D eigenvalue weighted by molar-refractivity contribution is 0.0727. The van der Waals surface area contributed by atoms with Gasteiger partial charge >= 0.3 is 0 Å². The summed E-state index contributed by atoms with van der Waals surface area (Å²) in [4.78, 5) is 14.5. The number of nitrogens with zero attached hydrogens (tertiary/aromatic N) is 2. The topological polar surface area (TPSA) is 51.3 Å². The molecule has 0 atom stereocenters. The Hall–Kier alpha value is -1.62. The van der Waals surface area contributed by atoms with Crippen molar-refractivity contribution in [1.29, 1.82) is 0 Å². The summed E-state index contributed by atoms with van der Waals surface area (Å²) in [6, 6.07) is 0.449. The zero-order valence-electron chi connectivity index (χ0n) is 11.7. The van der Waals surface area contributed by atoms with Gasteiger partial charge in [-0.15, -0.1) is 0 Å². The van der Waals surface area contributed by atoms with Crippen LogP contribution < -0.4 is 5.73 Å². The fraction of sp³-hybridized carbons (Fsp3) is 0.533. The predicted molar refractivity (Wildman–Crippen MR) is 75.2 cm³/mol. The molecular weight excluding hydrogens is 257 g/mol. The molecule has 1 aromatic rings. The minimum Gasteiger partial charge on any atom is -0.346 e. The lowest BCUT2D eigenvalue weighted by Crippen LogP contribution is -2.38. The second-order valence-corrected chi connectivity index (χ2v) is 5.69. The van der Waals surface area contributed by atoms with Crippen LogP contribution >= 0.6 is 0 Å². The van der Waals surface area contributed by atoms with Gasteiger partial charge in [0.15, 0.2) is 0 Å². The van der Waals surface area contributed by atoms with Crippen molar-refractivity contribution >= 4 is 5.91 Å². The molecule has 0 spiro atoms. The largest absolute Gasteiger partial charge is 0.346 e. The highest BCUT2D eigenvalue weighted by molar-refractivity contribution is 5.97. The van der Waals surface area contributed by atoms with E-state index in [2.05, 4.69) is 0 Å². The van der Waals surface area contributed by atoms with Crippen LogP contribution in [-0.4, -0.2) is 34.5 Å². The molecule has 20 heavy (non-hydrogen) atoms. The average molecular weight is 277 g/mol. The van der Waals surface area contributed by atoms with E-state index in [1.807, 2.05) is 22.6 Å². The van der Waals surface area contributed by atoms with E-state index in [1.54, 1.807) is 0 Å². The molecule has 3 rings (SSSR count). The van der Waals surface area contributed by atoms with Crippen molar-refractivity contribution in [2.24, 2.45) is 5.73 Å². The molecule has 1 saturated carbocycles. The first-order chi connectivity index (χ1) is 9.65. The molecule has 2 heterocycles. The summed E-state index contributed by atoms with van der Waals surface area (Å²) in [5, 5.41) is 0. The number of amides is 1. The van der Waals surface area contributed by atoms with Crippen molar-refractivity contribution in [3.8, 4) is 0 Å². The van der Waals surface area contributed by atoms with E-state index < -0.39 is 0 Å². The van der Waals surface area contributed by atoms with Gasteiger partial charge in [-0.25, -0.2) is 4.39 Å². The van der Waals surface area contributed by atoms with Gasteiger partial charge in [-0.1, -0.05) is 0 Å². The molecule has 0 aromatic carbocycles.